The molecule has 0 bridgehead atoms. The van der Waals surface area contributed by atoms with Gasteiger partial charge in [-0.25, -0.2) is 0 Å². The highest BCUT2D eigenvalue weighted by Gasteiger charge is 2.29. The number of hydrogen-bond acceptors (Lipinski definition) is 3. The number of carbonyl (C=O) groups is 2. The molecule has 0 aromatic heterocycles. The number of amides is 2. The molecular weight excluding hydrogens is 350 g/mol. The average molecular weight is 380 g/mol. The molecule has 0 aliphatic carbocycles. The molecule has 0 saturated heterocycles. The van der Waals surface area contributed by atoms with E-state index in [1.807, 2.05) is 30.3 Å². The predicted octanol–water partition coefficient (Wildman–Crippen LogP) is 3.20. The van der Waals surface area contributed by atoms with Crippen LogP contribution in [0.2, 0.25) is 0 Å². The molecule has 2 rings (SSSR count). The molecule has 0 radical (unpaired) electrons. The van der Waals surface area contributed by atoms with E-state index in [9.17, 15) is 9.59 Å². The molecule has 26 heavy (non-hydrogen) atoms. The summed E-state index contributed by atoms with van der Waals surface area (Å²) in [6.45, 7) is 6.33. The lowest BCUT2D eigenvalue weighted by atomic mass is 9.93. The first-order valence-electron chi connectivity index (χ1n) is 8.86. The SMILES string of the molecule is CC(=O)N1C=Cc2ccccc2C1CC(=O)N(C)CCC(N)C(C)C.Cl. The maximum absolute atomic E-state index is 12.7. The number of hydrogen-bond donors (Lipinski definition) is 1. The van der Waals surface area contributed by atoms with Gasteiger partial charge < -0.3 is 15.5 Å². The number of benzene rings is 1. The van der Waals surface area contributed by atoms with Crippen LogP contribution >= 0.6 is 12.4 Å². The molecule has 2 atom stereocenters. The fraction of sp³-hybridized carbons (Fsp3) is 0.500. The topological polar surface area (TPSA) is 66.6 Å². The lowest BCUT2D eigenvalue weighted by Crippen LogP contribution is -2.38. The van der Waals surface area contributed by atoms with Crippen molar-refractivity contribution in [2.75, 3.05) is 13.6 Å². The van der Waals surface area contributed by atoms with Crippen LogP contribution in [-0.4, -0.2) is 41.2 Å². The van der Waals surface area contributed by atoms with Gasteiger partial charge in [-0.15, -0.1) is 12.4 Å². The van der Waals surface area contributed by atoms with E-state index in [1.165, 1.54) is 6.92 Å². The molecule has 6 heteroatoms. The lowest BCUT2D eigenvalue weighted by molar-refractivity contribution is -0.133. The van der Waals surface area contributed by atoms with Gasteiger partial charge in [0.1, 0.15) is 0 Å². The van der Waals surface area contributed by atoms with Crippen molar-refractivity contribution in [2.24, 2.45) is 11.7 Å². The number of nitrogens with zero attached hydrogens (tertiary/aromatic N) is 2. The molecule has 144 valence electrons. The van der Waals surface area contributed by atoms with Gasteiger partial charge in [0.05, 0.1) is 12.5 Å². The van der Waals surface area contributed by atoms with Crippen LogP contribution in [0.25, 0.3) is 6.08 Å². The third-order valence-electron chi connectivity index (χ3n) is 4.92. The van der Waals surface area contributed by atoms with Crippen molar-refractivity contribution in [2.45, 2.75) is 45.7 Å². The van der Waals surface area contributed by atoms with Crippen LogP contribution in [0.1, 0.15) is 50.8 Å². The number of rotatable bonds is 6. The van der Waals surface area contributed by atoms with E-state index >= 15 is 0 Å². The zero-order chi connectivity index (χ0) is 18.6. The van der Waals surface area contributed by atoms with Crippen LogP contribution in [0.15, 0.2) is 30.5 Å². The summed E-state index contributed by atoms with van der Waals surface area (Å²) in [6.07, 6.45) is 4.74. The van der Waals surface area contributed by atoms with E-state index in [4.69, 9.17) is 5.73 Å². The molecule has 5 nitrogen and oxygen atoms in total. The number of fused-ring (bicyclic) bond motifs is 1. The maximum Gasteiger partial charge on any atom is 0.224 e. The third-order valence-corrected chi connectivity index (χ3v) is 4.92. The molecule has 2 unspecified atom stereocenters. The van der Waals surface area contributed by atoms with E-state index < -0.39 is 0 Å². The van der Waals surface area contributed by atoms with Gasteiger partial charge in [0, 0.05) is 32.8 Å². The fourth-order valence-electron chi connectivity index (χ4n) is 3.04. The van der Waals surface area contributed by atoms with Crippen LogP contribution in [0.5, 0.6) is 0 Å². The molecule has 1 aliphatic heterocycles. The Kier molecular flexibility index (Phi) is 8.31. The summed E-state index contributed by atoms with van der Waals surface area (Å²) in [7, 11) is 1.80. The van der Waals surface area contributed by atoms with Gasteiger partial charge in [0.15, 0.2) is 0 Å². The molecule has 2 N–H and O–H groups in total. The van der Waals surface area contributed by atoms with Gasteiger partial charge in [0.2, 0.25) is 11.8 Å². The fourth-order valence-corrected chi connectivity index (χ4v) is 3.04. The summed E-state index contributed by atoms with van der Waals surface area (Å²) in [6, 6.07) is 7.73. The Labute approximate surface area is 162 Å². The van der Waals surface area contributed by atoms with E-state index in [2.05, 4.69) is 13.8 Å². The zero-order valence-electron chi connectivity index (χ0n) is 16.0. The second-order valence-electron chi connectivity index (χ2n) is 7.10. The minimum Gasteiger partial charge on any atom is -0.346 e. The van der Waals surface area contributed by atoms with Crippen molar-refractivity contribution >= 4 is 30.3 Å². The summed E-state index contributed by atoms with van der Waals surface area (Å²) in [5.74, 6) is 0.359. The first-order valence-corrected chi connectivity index (χ1v) is 8.86. The molecule has 0 spiro atoms. The molecule has 1 aromatic rings. The first-order chi connectivity index (χ1) is 11.8. The van der Waals surface area contributed by atoms with Crippen LogP contribution < -0.4 is 5.73 Å². The minimum atomic E-state index is -0.257. The van der Waals surface area contributed by atoms with Crippen LogP contribution in [0.3, 0.4) is 0 Å². The molecule has 1 heterocycles. The van der Waals surface area contributed by atoms with E-state index in [-0.39, 0.29) is 42.7 Å². The summed E-state index contributed by atoms with van der Waals surface area (Å²) >= 11 is 0. The summed E-state index contributed by atoms with van der Waals surface area (Å²) in [5, 5.41) is 0. The Bertz CT molecular complexity index is 660. The van der Waals surface area contributed by atoms with Crippen molar-refractivity contribution in [1.82, 2.24) is 9.80 Å². The Balaban J connectivity index is 0.00000338. The maximum atomic E-state index is 12.7. The monoisotopic (exact) mass is 379 g/mol. The largest absolute Gasteiger partial charge is 0.346 e. The summed E-state index contributed by atoms with van der Waals surface area (Å²) in [4.78, 5) is 28.1. The first kappa shape index (κ1) is 22.2. The summed E-state index contributed by atoms with van der Waals surface area (Å²) < 4.78 is 0. The normalized spacial score (nSPS) is 16.7. The van der Waals surface area contributed by atoms with Crippen molar-refractivity contribution in [3.05, 3.63) is 41.6 Å². The van der Waals surface area contributed by atoms with Crippen molar-refractivity contribution in [1.29, 1.82) is 0 Å². The Morgan fingerprint density at radius 3 is 2.54 bits per heavy atom. The smallest absolute Gasteiger partial charge is 0.224 e. The Morgan fingerprint density at radius 1 is 1.27 bits per heavy atom. The van der Waals surface area contributed by atoms with Crippen molar-refractivity contribution < 1.29 is 9.59 Å². The number of nitrogens with two attached hydrogens (primary N) is 1. The van der Waals surface area contributed by atoms with Gasteiger partial charge >= 0.3 is 0 Å². The van der Waals surface area contributed by atoms with Crippen LogP contribution in [0.4, 0.5) is 0 Å². The zero-order valence-corrected chi connectivity index (χ0v) is 16.8. The molecule has 0 saturated carbocycles. The van der Waals surface area contributed by atoms with Crippen molar-refractivity contribution in [3.63, 3.8) is 0 Å². The van der Waals surface area contributed by atoms with Gasteiger partial charge in [-0.2, -0.15) is 0 Å². The van der Waals surface area contributed by atoms with Gasteiger partial charge in [-0.3, -0.25) is 9.59 Å². The van der Waals surface area contributed by atoms with Crippen molar-refractivity contribution in [3.8, 4) is 0 Å². The highest BCUT2D eigenvalue weighted by molar-refractivity contribution is 5.85. The second kappa shape index (κ2) is 9.74. The average Bonchev–Trinajstić information content (AvgIpc) is 2.58. The van der Waals surface area contributed by atoms with Crippen LogP contribution in [0, 0.1) is 5.92 Å². The van der Waals surface area contributed by atoms with E-state index in [1.54, 1.807) is 23.0 Å². The van der Waals surface area contributed by atoms with E-state index in [0.717, 1.165) is 17.5 Å². The minimum absolute atomic E-state index is 0. The number of carbonyl (C=O) groups excluding carboxylic acids is 2. The van der Waals surface area contributed by atoms with Gasteiger partial charge in [-0.1, -0.05) is 38.1 Å². The Hall–Kier alpha value is -1.85. The van der Waals surface area contributed by atoms with Gasteiger partial charge in [-0.05, 0) is 29.5 Å². The number of halogens is 1. The second-order valence-corrected chi connectivity index (χ2v) is 7.10. The Morgan fingerprint density at radius 2 is 1.92 bits per heavy atom. The highest BCUT2D eigenvalue weighted by Crippen LogP contribution is 2.33. The molecule has 0 fully saturated rings. The lowest BCUT2D eigenvalue weighted by Gasteiger charge is -2.33. The summed E-state index contributed by atoms with van der Waals surface area (Å²) in [5.41, 5.74) is 8.15. The predicted molar refractivity (Wildman–Crippen MR) is 108 cm³/mol. The third kappa shape index (κ3) is 5.32. The van der Waals surface area contributed by atoms with E-state index in [0.29, 0.717) is 12.5 Å². The molecular formula is C20H30ClN3O2. The van der Waals surface area contributed by atoms with Crippen LogP contribution in [-0.2, 0) is 9.59 Å². The quantitative estimate of drug-likeness (QED) is 0.825. The molecule has 1 aromatic carbocycles. The molecule has 1 aliphatic rings. The standard InChI is InChI=1S/C20H29N3O2.ClH/c1-14(2)18(21)10-11-22(4)20(25)13-19-17-8-6-5-7-16(17)9-12-23(19)15(3)24;/h5-9,12,14,18-19H,10-11,13,21H2,1-4H3;1H. The van der Waals surface area contributed by atoms with Gasteiger partial charge in [0.25, 0.3) is 0 Å². The molecule has 2 amide bonds. The highest BCUT2D eigenvalue weighted by atomic mass is 35.5.